The number of rotatable bonds is 3. The van der Waals surface area contributed by atoms with Crippen LogP contribution in [0.3, 0.4) is 0 Å². The van der Waals surface area contributed by atoms with E-state index in [0.717, 1.165) is 35.7 Å². The molecule has 29 heavy (non-hydrogen) atoms. The minimum Gasteiger partial charge on any atom is -0.367 e. The van der Waals surface area contributed by atoms with Gasteiger partial charge < -0.3 is 9.80 Å². The van der Waals surface area contributed by atoms with Crippen LogP contribution >= 0.6 is 0 Å². The number of hydrogen-bond donors (Lipinski definition) is 0. The zero-order chi connectivity index (χ0) is 20.3. The highest BCUT2D eigenvalue weighted by Crippen LogP contribution is 2.24. The van der Waals surface area contributed by atoms with Gasteiger partial charge in [0, 0.05) is 31.4 Å². The van der Waals surface area contributed by atoms with Gasteiger partial charge in [-0.3, -0.25) is 14.2 Å². The van der Waals surface area contributed by atoms with E-state index in [2.05, 4.69) is 39.0 Å². The molecule has 1 saturated heterocycles. The fourth-order valence-electron chi connectivity index (χ4n) is 3.82. The first-order valence-corrected chi connectivity index (χ1v) is 9.68. The van der Waals surface area contributed by atoms with Crippen molar-refractivity contribution in [3.8, 4) is 11.4 Å². The standard InChI is InChI=1S/C21H23N7O/c1-13-9-28-19(14(2)22-13)7-18(24-28)17-8-21(29)27-12-15(5-6-20(27)23-17)26-10-16(11-26)25(3)4/h5-9,12,16H,10-11H2,1-4H3. The van der Waals surface area contributed by atoms with Crippen LogP contribution in [0.4, 0.5) is 5.69 Å². The molecule has 8 nitrogen and oxygen atoms in total. The van der Waals surface area contributed by atoms with E-state index in [-0.39, 0.29) is 5.56 Å². The summed E-state index contributed by atoms with van der Waals surface area (Å²) in [5.41, 5.74) is 5.49. The summed E-state index contributed by atoms with van der Waals surface area (Å²) in [5.74, 6) is 0. The molecule has 4 aromatic heterocycles. The van der Waals surface area contributed by atoms with E-state index in [0.29, 0.717) is 23.1 Å². The van der Waals surface area contributed by atoms with Crippen LogP contribution in [0, 0.1) is 13.8 Å². The molecular weight excluding hydrogens is 366 g/mol. The Hall–Kier alpha value is -3.26. The minimum absolute atomic E-state index is 0.111. The van der Waals surface area contributed by atoms with E-state index < -0.39 is 0 Å². The molecule has 0 aromatic carbocycles. The summed E-state index contributed by atoms with van der Waals surface area (Å²) in [6.45, 7) is 5.82. The second kappa shape index (κ2) is 6.38. The molecule has 0 unspecified atom stereocenters. The normalized spacial score (nSPS) is 14.9. The first-order chi connectivity index (χ1) is 13.9. The van der Waals surface area contributed by atoms with Gasteiger partial charge in [-0.25, -0.2) is 9.50 Å². The van der Waals surface area contributed by atoms with Crippen molar-refractivity contribution in [2.45, 2.75) is 19.9 Å². The first kappa shape index (κ1) is 17.8. The minimum atomic E-state index is -0.111. The topological polar surface area (TPSA) is 71.0 Å². The summed E-state index contributed by atoms with van der Waals surface area (Å²) < 4.78 is 3.40. The molecule has 0 N–H and O–H groups in total. The van der Waals surface area contributed by atoms with Crippen LogP contribution in [0.5, 0.6) is 0 Å². The molecule has 1 aliphatic rings. The maximum atomic E-state index is 12.8. The first-order valence-electron chi connectivity index (χ1n) is 9.68. The number of pyridine rings is 1. The Kier molecular flexibility index (Phi) is 3.92. The highest BCUT2D eigenvalue weighted by Gasteiger charge is 2.28. The second-order valence-electron chi connectivity index (χ2n) is 7.94. The molecule has 8 heteroatoms. The fourth-order valence-corrected chi connectivity index (χ4v) is 3.82. The maximum Gasteiger partial charge on any atom is 0.258 e. The van der Waals surface area contributed by atoms with Gasteiger partial charge in [0.25, 0.3) is 5.56 Å². The molecule has 4 aromatic rings. The van der Waals surface area contributed by atoms with Crippen LogP contribution in [0.1, 0.15) is 11.4 Å². The molecule has 0 radical (unpaired) electrons. The lowest BCUT2D eigenvalue weighted by Crippen LogP contribution is -2.57. The number of aromatic nitrogens is 5. The van der Waals surface area contributed by atoms with Crippen LogP contribution in [0.2, 0.25) is 0 Å². The van der Waals surface area contributed by atoms with Crippen molar-refractivity contribution in [1.29, 1.82) is 0 Å². The van der Waals surface area contributed by atoms with Crippen molar-refractivity contribution >= 4 is 16.9 Å². The van der Waals surface area contributed by atoms with Crippen molar-refractivity contribution < 1.29 is 0 Å². The van der Waals surface area contributed by atoms with Crippen molar-refractivity contribution in [3.05, 3.63) is 58.4 Å². The third kappa shape index (κ3) is 2.96. The SMILES string of the molecule is Cc1cn2nc(-c3cc(=O)n4cc(N5CC(N(C)C)C5)ccc4n3)cc2c(C)n1. The fraction of sp³-hybridized carbons (Fsp3) is 0.333. The Labute approximate surface area is 168 Å². The lowest BCUT2D eigenvalue weighted by molar-refractivity contribution is 0.247. The third-order valence-corrected chi connectivity index (χ3v) is 5.62. The van der Waals surface area contributed by atoms with Gasteiger partial charge in [-0.1, -0.05) is 0 Å². The van der Waals surface area contributed by atoms with Gasteiger partial charge in [0.2, 0.25) is 0 Å². The van der Waals surface area contributed by atoms with E-state index in [4.69, 9.17) is 0 Å². The molecule has 0 atom stereocenters. The van der Waals surface area contributed by atoms with Gasteiger partial charge in [-0.15, -0.1) is 0 Å². The third-order valence-electron chi connectivity index (χ3n) is 5.62. The van der Waals surface area contributed by atoms with Crippen LogP contribution in [0.15, 0.2) is 41.5 Å². The number of likely N-dealkylation sites (N-methyl/N-ethyl adjacent to an activating group) is 1. The molecule has 0 amide bonds. The van der Waals surface area contributed by atoms with Crippen molar-refractivity contribution in [3.63, 3.8) is 0 Å². The molecule has 148 valence electrons. The highest BCUT2D eigenvalue weighted by atomic mass is 16.1. The van der Waals surface area contributed by atoms with Gasteiger partial charge in [-0.2, -0.15) is 5.10 Å². The molecule has 0 aliphatic carbocycles. The lowest BCUT2D eigenvalue weighted by atomic mass is 10.1. The number of nitrogens with zero attached hydrogens (tertiary/aromatic N) is 7. The monoisotopic (exact) mass is 389 g/mol. The molecule has 1 fully saturated rings. The summed E-state index contributed by atoms with van der Waals surface area (Å²) in [6, 6.07) is 7.96. The van der Waals surface area contributed by atoms with Gasteiger partial charge in [0.15, 0.2) is 0 Å². The van der Waals surface area contributed by atoms with Crippen LogP contribution in [-0.2, 0) is 0 Å². The van der Waals surface area contributed by atoms with Crippen molar-refractivity contribution in [2.75, 3.05) is 32.1 Å². The summed E-state index contributed by atoms with van der Waals surface area (Å²) in [6.07, 6.45) is 3.75. The Morgan fingerprint density at radius 3 is 2.59 bits per heavy atom. The summed E-state index contributed by atoms with van der Waals surface area (Å²) in [4.78, 5) is 26.5. The molecule has 0 bridgehead atoms. The molecule has 0 saturated carbocycles. The molecule has 5 heterocycles. The van der Waals surface area contributed by atoms with E-state index in [1.54, 1.807) is 15.0 Å². The van der Waals surface area contributed by atoms with Gasteiger partial charge >= 0.3 is 0 Å². The zero-order valence-electron chi connectivity index (χ0n) is 17.0. The van der Waals surface area contributed by atoms with E-state index >= 15 is 0 Å². The predicted molar refractivity (Wildman–Crippen MR) is 113 cm³/mol. The van der Waals surface area contributed by atoms with Crippen LogP contribution < -0.4 is 10.5 Å². The van der Waals surface area contributed by atoms with Gasteiger partial charge in [0.05, 0.1) is 34.5 Å². The number of hydrogen-bond acceptors (Lipinski definition) is 6. The van der Waals surface area contributed by atoms with E-state index in [1.165, 1.54) is 0 Å². The van der Waals surface area contributed by atoms with Crippen LogP contribution in [-0.4, -0.2) is 62.1 Å². The number of anilines is 1. The summed E-state index contributed by atoms with van der Waals surface area (Å²) >= 11 is 0. The Morgan fingerprint density at radius 2 is 1.83 bits per heavy atom. The van der Waals surface area contributed by atoms with E-state index in [1.807, 2.05) is 44.4 Å². The number of aryl methyl sites for hydroxylation is 2. The quantitative estimate of drug-likeness (QED) is 0.532. The summed E-state index contributed by atoms with van der Waals surface area (Å²) in [5, 5.41) is 4.60. The maximum absolute atomic E-state index is 12.8. The largest absolute Gasteiger partial charge is 0.367 e. The Balaban J connectivity index is 1.53. The van der Waals surface area contributed by atoms with Crippen LogP contribution in [0.25, 0.3) is 22.6 Å². The summed E-state index contributed by atoms with van der Waals surface area (Å²) in [7, 11) is 4.19. The molecular formula is C21H23N7O. The van der Waals surface area contributed by atoms with Crippen molar-refractivity contribution in [1.82, 2.24) is 28.9 Å². The highest BCUT2D eigenvalue weighted by molar-refractivity contribution is 5.66. The number of fused-ring (bicyclic) bond motifs is 2. The average Bonchev–Trinajstić information content (AvgIpc) is 3.05. The lowest BCUT2D eigenvalue weighted by Gasteiger charge is -2.44. The smallest absolute Gasteiger partial charge is 0.258 e. The Morgan fingerprint density at radius 1 is 1.03 bits per heavy atom. The Bertz CT molecular complexity index is 1300. The average molecular weight is 389 g/mol. The van der Waals surface area contributed by atoms with Gasteiger partial charge in [0.1, 0.15) is 11.3 Å². The van der Waals surface area contributed by atoms with Gasteiger partial charge in [-0.05, 0) is 46.1 Å². The molecule has 1 aliphatic heterocycles. The molecule has 0 spiro atoms. The van der Waals surface area contributed by atoms with E-state index in [9.17, 15) is 4.79 Å². The zero-order valence-corrected chi connectivity index (χ0v) is 17.0. The predicted octanol–water partition coefficient (Wildman–Crippen LogP) is 1.77. The second-order valence-corrected chi connectivity index (χ2v) is 7.94. The molecule has 5 rings (SSSR count). The van der Waals surface area contributed by atoms with Crippen molar-refractivity contribution in [2.24, 2.45) is 0 Å².